The zero-order chi connectivity index (χ0) is 10.7. The molecule has 2 nitrogen and oxygen atoms in total. The van der Waals surface area contributed by atoms with Gasteiger partial charge < -0.3 is 5.73 Å². The lowest BCUT2D eigenvalue weighted by molar-refractivity contribution is -0.121. The molecule has 0 aliphatic heterocycles. The molecule has 1 aromatic rings. The highest BCUT2D eigenvalue weighted by Gasteiger charge is 2.34. The monoisotopic (exact) mass is 205 g/mol. The number of rotatable bonds is 2. The minimum atomic E-state index is 0. The Kier molecular flexibility index (Phi) is 2.87. The van der Waals surface area contributed by atoms with Crippen molar-refractivity contribution in [2.24, 2.45) is 5.73 Å². The van der Waals surface area contributed by atoms with Gasteiger partial charge in [0.1, 0.15) is 5.78 Å². The summed E-state index contributed by atoms with van der Waals surface area (Å²) < 4.78 is 0. The summed E-state index contributed by atoms with van der Waals surface area (Å²) in [6.45, 7) is 0.643. The number of ketones is 1. The molecule has 2 rings (SSSR count). The summed E-state index contributed by atoms with van der Waals surface area (Å²) in [6, 6.07) is 10.4. The Hall–Kier alpha value is -1.15. The summed E-state index contributed by atoms with van der Waals surface area (Å²) in [7, 11) is 0. The van der Waals surface area contributed by atoms with E-state index in [1.807, 2.05) is 18.2 Å². The van der Waals surface area contributed by atoms with E-state index in [0.29, 0.717) is 25.2 Å². The third kappa shape index (κ3) is 1.95. The molecule has 0 atom stereocenters. The zero-order valence-corrected chi connectivity index (χ0v) is 8.91. The predicted molar refractivity (Wildman–Crippen MR) is 62.8 cm³/mol. The van der Waals surface area contributed by atoms with Crippen LogP contribution in [-0.2, 0) is 10.2 Å². The molecule has 0 amide bonds. The smallest absolute Gasteiger partial charge is 0.132 e. The van der Waals surface area contributed by atoms with Gasteiger partial charge >= 0.3 is 0 Å². The van der Waals surface area contributed by atoms with E-state index in [0.717, 1.165) is 12.8 Å². The first-order chi connectivity index (χ1) is 7.27. The van der Waals surface area contributed by atoms with Crippen molar-refractivity contribution in [2.75, 3.05) is 6.54 Å². The topological polar surface area (TPSA) is 43.1 Å². The number of nitrogens with two attached hydrogens (primary N) is 1. The van der Waals surface area contributed by atoms with Crippen LogP contribution in [-0.4, -0.2) is 12.3 Å². The molecule has 1 aliphatic rings. The molecule has 0 bridgehead atoms. The van der Waals surface area contributed by atoms with E-state index < -0.39 is 0 Å². The summed E-state index contributed by atoms with van der Waals surface area (Å²) in [5.41, 5.74) is 7.25. The van der Waals surface area contributed by atoms with E-state index in [-0.39, 0.29) is 6.84 Å². The lowest BCUT2D eigenvalue weighted by atomic mass is 9.69. The van der Waals surface area contributed by atoms with E-state index in [2.05, 4.69) is 12.1 Å². The van der Waals surface area contributed by atoms with Crippen molar-refractivity contribution in [3.05, 3.63) is 35.9 Å². The Bertz CT molecular complexity index is 340. The lowest BCUT2D eigenvalue weighted by Gasteiger charge is -2.36. The van der Waals surface area contributed by atoms with Gasteiger partial charge in [-0.15, -0.1) is 0 Å². The largest absolute Gasteiger partial charge is 0.330 e. The molecule has 0 saturated heterocycles. The molecule has 1 aliphatic carbocycles. The molecule has 1 aromatic carbocycles. The summed E-state index contributed by atoms with van der Waals surface area (Å²) in [5, 5.41) is 0. The van der Waals surface area contributed by atoms with E-state index in [1.54, 1.807) is 0 Å². The molecule has 0 unspecified atom stereocenters. The van der Waals surface area contributed by atoms with Crippen LogP contribution in [0.2, 0.25) is 0 Å². The molecule has 0 heterocycles. The third-order valence-corrected chi connectivity index (χ3v) is 3.54. The van der Waals surface area contributed by atoms with Crippen LogP contribution in [0.25, 0.3) is 0 Å². The molecule has 0 radical (unpaired) electrons. The first kappa shape index (κ1) is 10.4. The van der Waals surface area contributed by atoms with Crippen molar-refractivity contribution in [3.8, 4) is 0 Å². The minimum absolute atomic E-state index is 0. The highest BCUT2D eigenvalue weighted by Crippen LogP contribution is 2.37. The highest BCUT2D eigenvalue weighted by molar-refractivity contribution is 5.79. The van der Waals surface area contributed by atoms with Crippen LogP contribution in [0.5, 0.6) is 0 Å². The molecule has 2 N–H and O–H groups in total. The van der Waals surface area contributed by atoms with Crippen LogP contribution in [0, 0.1) is 0 Å². The molecule has 0 spiro atoms. The highest BCUT2D eigenvalue weighted by atomic mass is 16.1. The maximum atomic E-state index is 11.3. The first-order valence-electron chi connectivity index (χ1n) is 5.54. The van der Waals surface area contributed by atoms with Crippen molar-refractivity contribution < 1.29 is 6.22 Å². The van der Waals surface area contributed by atoms with Crippen LogP contribution in [0.15, 0.2) is 30.3 Å². The first-order valence-corrected chi connectivity index (χ1v) is 5.54. The molecule has 15 heavy (non-hydrogen) atoms. The van der Waals surface area contributed by atoms with Gasteiger partial charge in [0, 0.05) is 26.2 Å². The fourth-order valence-electron chi connectivity index (χ4n) is 2.41. The Morgan fingerprint density at radius 1 is 1.20 bits per heavy atom. The summed E-state index contributed by atoms with van der Waals surface area (Å²) in [5.74, 6) is 0.384. The molecule has 0 aromatic heterocycles. The Balaban J connectivity index is 0.00000128. The number of carbonyl (C=O) groups excluding carboxylic acids is 1. The van der Waals surface area contributed by atoms with Crippen LogP contribution in [0.1, 0.15) is 32.7 Å². The van der Waals surface area contributed by atoms with Gasteiger partial charge in [0.15, 0.2) is 0 Å². The SMILES string of the molecule is NCC1(c2ccccc2)CCC(=O)CC1.[HH]. The number of benzene rings is 1. The summed E-state index contributed by atoms with van der Waals surface area (Å²) in [6.07, 6.45) is 3.19. The molecular weight excluding hydrogens is 186 g/mol. The van der Waals surface area contributed by atoms with Crippen LogP contribution in [0.4, 0.5) is 0 Å². The van der Waals surface area contributed by atoms with Crippen LogP contribution < -0.4 is 5.73 Å². The van der Waals surface area contributed by atoms with Gasteiger partial charge in [-0.1, -0.05) is 30.3 Å². The number of hydrogen-bond donors (Lipinski definition) is 1. The van der Waals surface area contributed by atoms with Gasteiger partial charge in [-0.05, 0) is 18.4 Å². The van der Waals surface area contributed by atoms with Gasteiger partial charge in [0.05, 0.1) is 0 Å². The molecule has 2 heteroatoms. The Labute approximate surface area is 92.0 Å². The standard InChI is InChI=1S/C13H17NO.H2/c14-10-13(8-6-12(15)7-9-13)11-4-2-1-3-5-11;/h1-5H,6-10,14H2;1H. The second-order valence-corrected chi connectivity index (χ2v) is 4.39. The maximum absolute atomic E-state index is 11.3. The third-order valence-electron chi connectivity index (χ3n) is 3.54. The van der Waals surface area contributed by atoms with E-state index >= 15 is 0 Å². The fourth-order valence-corrected chi connectivity index (χ4v) is 2.41. The molecule has 1 saturated carbocycles. The second kappa shape index (κ2) is 4.15. The van der Waals surface area contributed by atoms with E-state index in [1.165, 1.54) is 5.56 Å². The Morgan fingerprint density at radius 2 is 1.80 bits per heavy atom. The quantitative estimate of drug-likeness (QED) is 0.804. The van der Waals surface area contributed by atoms with Gasteiger partial charge in [-0.2, -0.15) is 0 Å². The van der Waals surface area contributed by atoms with Crippen molar-refractivity contribution in [2.45, 2.75) is 31.1 Å². The van der Waals surface area contributed by atoms with Gasteiger partial charge in [0.25, 0.3) is 0 Å². The molecular formula is C13H19NO. The molecule has 82 valence electrons. The number of carbonyl (C=O) groups is 1. The normalized spacial score (nSPS) is 20.2. The van der Waals surface area contributed by atoms with Crippen molar-refractivity contribution in [3.63, 3.8) is 0 Å². The van der Waals surface area contributed by atoms with Crippen molar-refractivity contribution >= 4 is 5.78 Å². The number of Topliss-reactive ketones (excluding diaryl/α,β-unsaturated/α-hetero) is 1. The van der Waals surface area contributed by atoms with Gasteiger partial charge in [-0.25, -0.2) is 0 Å². The Morgan fingerprint density at radius 3 is 2.33 bits per heavy atom. The van der Waals surface area contributed by atoms with E-state index in [4.69, 9.17) is 5.73 Å². The maximum Gasteiger partial charge on any atom is 0.132 e. The lowest BCUT2D eigenvalue weighted by Crippen LogP contribution is -2.39. The van der Waals surface area contributed by atoms with Crippen molar-refractivity contribution in [1.29, 1.82) is 0 Å². The molecule has 1 fully saturated rings. The van der Waals surface area contributed by atoms with Crippen LogP contribution in [0.3, 0.4) is 0 Å². The summed E-state index contributed by atoms with van der Waals surface area (Å²) in [4.78, 5) is 11.3. The van der Waals surface area contributed by atoms with E-state index in [9.17, 15) is 4.79 Å². The average molecular weight is 205 g/mol. The minimum Gasteiger partial charge on any atom is -0.330 e. The second-order valence-electron chi connectivity index (χ2n) is 4.39. The predicted octanol–water partition coefficient (Wildman–Crippen LogP) is 2.27. The van der Waals surface area contributed by atoms with Gasteiger partial charge in [-0.3, -0.25) is 4.79 Å². The van der Waals surface area contributed by atoms with Crippen molar-refractivity contribution in [1.82, 2.24) is 0 Å². The average Bonchev–Trinajstić information content (AvgIpc) is 2.32. The number of hydrogen-bond acceptors (Lipinski definition) is 2. The summed E-state index contributed by atoms with van der Waals surface area (Å²) >= 11 is 0. The fraction of sp³-hybridized carbons (Fsp3) is 0.462. The zero-order valence-electron chi connectivity index (χ0n) is 8.91. The van der Waals surface area contributed by atoms with Gasteiger partial charge in [0.2, 0.25) is 0 Å². The van der Waals surface area contributed by atoms with Crippen LogP contribution >= 0.6 is 0 Å².